The third-order valence-electron chi connectivity index (χ3n) is 3.44. The first-order chi connectivity index (χ1) is 9.45. The second-order valence-electron chi connectivity index (χ2n) is 4.90. The molecule has 0 aliphatic rings. The van der Waals surface area contributed by atoms with Crippen LogP contribution in [0.5, 0.6) is 0 Å². The van der Waals surface area contributed by atoms with Gasteiger partial charge in [-0.25, -0.2) is 0 Å². The number of Topliss-reactive ketones (excluding diaryl/α,β-unsaturated/α-hetero) is 1. The lowest BCUT2D eigenvalue weighted by Gasteiger charge is -2.19. The van der Waals surface area contributed by atoms with E-state index >= 15 is 0 Å². The number of carbonyl (C=O) groups is 1. The van der Waals surface area contributed by atoms with Crippen molar-refractivity contribution in [3.63, 3.8) is 0 Å². The van der Waals surface area contributed by atoms with Crippen LogP contribution in [0.15, 0.2) is 36.5 Å². The summed E-state index contributed by atoms with van der Waals surface area (Å²) >= 11 is 0. The van der Waals surface area contributed by atoms with Gasteiger partial charge in [0.15, 0.2) is 5.78 Å². The smallest absolute Gasteiger partial charge is 0.177 e. The van der Waals surface area contributed by atoms with Crippen LogP contribution >= 0.6 is 0 Å². The molecule has 0 aromatic heterocycles. The first kappa shape index (κ1) is 16.4. The zero-order valence-corrected chi connectivity index (χ0v) is 12.6. The molecule has 4 heteroatoms. The summed E-state index contributed by atoms with van der Waals surface area (Å²) in [6.07, 6.45) is 0.178. The highest BCUT2D eigenvalue weighted by Gasteiger charge is 2.13. The Kier molecular flexibility index (Phi) is 6.42. The number of hydroxylamine groups is 1. The number of hydrogen-bond acceptors (Lipinski definition) is 4. The van der Waals surface area contributed by atoms with Gasteiger partial charge in [0.1, 0.15) is 0 Å². The molecule has 0 bridgehead atoms. The minimum atomic E-state index is -0.136. The summed E-state index contributed by atoms with van der Waals surface area (Å²) in [6.45, 7) is 9.56. The topological polar surface area (TPSA) is 47.6 Å². The van der Waals surface area contributed by atoms with Gasteiger partial charge in [0.2, 0.25) is 0 Å². The largest absolute Gasteiger partial charge is 0.381 e. The van der Waals surface area contributed by atoms with E-state index in [0.717, 1.165) is 5.56 Å². The molecule has 0 saturated heterocycles. The number of ketones is 1. The SMILES string of the molecule is C=C(NOCc1ccc(C(C)C(C)OC)cc1)C(C)=O. The molecule has 0 saturated carbocycles. The van der Waals surface area contributed by atoms with Crippen LogP contribution in [0, 0.1) is 0 Å². The van der Waals surface area contributed by atoms with E-state index in [2.05, 4.69) is 38.0 Å². The normalized spacial score (nSPS) is 13.6. The van der Waals surface area contributed by atoms with Gasteiger partial charge in [-0.3, -0.25) is 15.1 Å². The van der Waals surface area contributed by atoms with Crippen molar-refractivity contribution in [3.8, 4) is 0 Å². The van der Waals surface area contributed by atoms with Gasteiger partial charge < -0.3 is 4.74 Å². The zero-order chi connectivity index (χ0) is 15.1. The predicted octanol–water partition coefficient (Wildman–Crippen LogP) is 2.95. The zero-order valence-electron chi connectivity index (χ0n) is 12.6. The molecule has 1 aromatic carbocycles. The molecule has 20 heavy (non-hydrogen) atoms. The molecule has 0 aliphatic carbocycles. The fourth-order valence-electron chi connectivity index (χ4n) is 1.67. The Hall–Kier alpha value is -1.65. The Morgan fingerprint density at radius 3 is 2.40 bits per heavy atom. The van der Waals surface area contributed by atoms with Crippen molar-refractivity contribution in [1.82, 2.24) is 5.48 Å². The van der Waals surface area contributed by atoms with E-state index in [1.54, 1.807) is 7.11 Å². The summed E-state index contributed by atoms with van der Waals surface area (Å²) in [6, 6.07) is 8.15. The Labute approximate surface area is 120 Å². The molecule has 0 aliphatic heterocycles. The molecule has 1 aromatic rings. The van der Waals surface area contributed by atoms with Crippen molar-refractivity contribution in [2.24, 2.45) is 0 Å². The first-order valence-corrected chi connectivity index (χ1v) is 6.65. The van der Waals surface area contributed by atoms with Crippen molar-refractivity contribution >= 4 is 5.78 Å². The van der Waals surface area contributed by atoms with Crippen LogP contribution in [-0.2, 0) is 21.0 Å². The number of carbonyl (C=O) groups excluding carboxylic acids is 1. The van der Waals surface area contributed by atoms with E-state index < -0.39 is 0 Å². The minimum Gasteiger partial charge on any atom is -0.381 e. The lowest BCUT2D eigenvalue weighted by Crippen LogP contribution is -2.18. The molecule has 0 heterocycles. The maximum atomic E-state index is 10.9. The molecule has 0 radical (unpaired) electrons. The molecular weight excluding hydrogens is 254 g/mol. The van der Waals surface area contributed by atoms with E-state index in [4.69, 9.17) is 9.57 Å². The lowest BCUT2D eigenvalue weighted by molar-refractivity contribution is -0.115. The molecule has 0 fully saturated rings. The van der Waals surface area contributed by atoms with Crippen molar-refractivity contribution in [2.75, 3.05) is 7.11 Å². The molecule has 2 unspecified atom stereocenters. The summed E-state index contributed by atoms with van der Waals surface area (Å²) < 4.78 is 5.33. The van der Waals surface area contributed by atoms with Crippen LogP contribution in [0.4, 0.5) is 0 Å². The number of methoxy groups -OCH3 is 1. The highest BCUT2D eigenvalue weighted by molar-refractivity contribution is 5.91. The van der Waals surface area contributed by atoms with Crippen LogP contribution in [0.25, 0.3) is 0 Å². The average Bonchev–Trinajstić information content (AvgIpc) is 2.46. The highest BCUT2D eigenvalue weighted by Crippen LogP contribution is 2.21. The van der Waals surface area contributed by atoms with Crippen LogP contribution < -0.4 is 5.48 Å². The monoisotopic (exact) mass is 277 g/mol. The van der Waals surface area contributed by atoms with Gasteiger partial charge in [0, 0.05) is 20.0 Å². The number of hydrogen-bond donors (Lipinski definition) is 1. The number of rotatable bonds is 8. The summed E-state index contributed by atoms with van der Waals surface area (Å²) in [4.78, 5) is 16.2. The van der Waals surface area contributed by atoms with Gasteiger partial charge in [0.25, 0.3) is 0 Å². The molecule has 0 spiro atoms. The Bertz CT molecular complexity index is 453. The van der Waals surface area contributed by atoms with E-state index in [-0.39, 0.29) is 17.6 Å². The molecule has 0 amide bonds. The van der Waals surface area contributed by atoms with Crippen molar-refractivity contribution in [3.05, 3.63) is 47.7 Å². The molecule has 1 rings (SSSR count). The van der Waals surface area contributed by atoms with Gasteiger partial charge in [-0.2, -0.15) is 0 Å². The first-order valence-electron chi connectivity index (χ1n) is 6.65. The summed E-state index contributed by atoms with van der Waals surface area (Å²) in [7, 11) is 1.72. The fourth-order valence-corrected chi connectivity index (χ4v) is 1.67. The van der Waals surface area contributed by atoms with Gasteiger partial charge in [-0.05, 0) is 18.1 Å². The molecule has 4 nitrogen and oxygen atoms in total. The van der Waals surface area contributed by atoms with Crippen LogP contribution in [0.2, 0.25) is 0 Å². The van der Waals surface area contributed by atoms with Gasteiger partial charge >= 0.3 is 0 Å². The molecule has 1 N–H and O–H groups in total. The van der Waals surface area contributed by atoms with Crippen LogP contribution in [0.3, 0.4) is 0 Å². The van der Waals surface area contributed by atoms with Crippen LogP contribution in [0.1, 0.15) is 37.8 Å². The Morgan fingerprint density at radius 1 is 1.30 bits per heavy atom. The fraction of sp³-hybridized carbons (Fsp3) is 0.438. The lowest BCUT2D eigenvalue weighted by atomic mass is 9.95. The molecule has 2 atom stereocenters. The standard InChI is InChI=1S/C16H23NO3/c1-11(14(4)19-5)16-8-6-15(7-9-16)10-20-17-12(2)13(3)18/h6-9,11,14,17H,2,10H2,1,3-5H3. The van der Waals surface area contributed by atoms with E-state index in [9.17, 15) is 4.79 Å². The molecular formula is C16H23NO3. The number of allylic oxidation sites excluding steroid dienone is 1. The van der Waals surface area contributed by atoms with Gasteiger partial charge in [-0.1, -0.05) is 37.8 Å². The number of nitrogens with one attached hydrogen (secondary N) is 1. The van der Waals surface area contributed by atoms with E-state index in [1.165, 1.54) is 12.5 Å². The maximum absolute atomic E-state index is 10.9. The van der Waals surface area contributed by atoms with E-state index in [0.29, 0.717) is 12.5 Å². The van der Waals surface area contributed by atoms with Crippen molar-refractivity contribution in [1.29, 1.82) is 0 Å². The maximum Gasteiger partial charge on any atom is 0.177 e. The van der Waals surface area contributed by atoms with Crippen molar-refractivity contribution in [2.45, 2.75) is 39.4 Å². The Morgan fingerprint density at radius 2 is 1.90 bits per heavy atom. The molecule has 110 valence electrons. The van der Waals surface area contributed by atoms with Gasteiger partial charge in [-0.15, -0.1) is 0 Å². The highest BCUT2D eigenvalue weighted by atomic mass is 16.6. The minimum absolute atomic E-state index is 0.136. The summed E-state index contributed by atoms with van der Waals surface area (Å²) in [5, 5.41) is 0. The third-order valence-corrected chi connectivity index (χ3v) is 3.44. The number of ether oxygens (including phenoxy) is 1. The third kappa shape index (κ3) is 4.79. The quantitative estimate of drug-likeness (QED) is 0.586. The van der Waals surface area contributed by atoms with Crippen molar-refractivity contribution < 1.29 is 14.4 Å². The summed E-state index contributed by atoms with van der Waals surface area (Å²) in [5.74, 6) is 0.202. The average molecular weight is 277 g/mol. The second-order valence-corrected chi connectivity index (χ2v) is 4.90. The van der Waals surface area contributed by atoms with Crippen LogP contribution in [-0.4, -0.2) is 19.0 Å². The summed E-state index contributed by atoms with van der Waals surface area (Å²) in [5.41, 5.74) is 5.03. The Balaban J connectivity index is 2.50. The number of benzene rings is 1. The van der Waals surface area contributed by atoms with Gasteiger partial charge in [0.05, 0.1) is 18.4 Å². The van der Waals surface area contributed by atoms with E-state index in [1.807, 2.05) is 12.1 Å². The predicted molar refractivity (Wildman–Crippen MR) is 79.1 cm³/mol. The second kappa shape index (κ2) is 7.82.